The van der Waals surface area contributed by atoms with Gasteiger partial charge in [0.2, 0.25) is 0 Å². The minimum atomic E-state index is 0.612. The van der Waals surface area contributed by atoms with Crippen LogP contribution in [0.25, 0.3) is 0 Å². The maximum Gasteiger partial charge on any atom is 0.126 e. The first-order valence-corrected chi connectivity index (χ1v) is 5.39. The van der Waals surface area contributed by atoms with Gasteiger partial charge in [0.15, 0.2) is 0 Å². The Kier molecular flexibility index (Phi) is 4.43. The summed E-state index contributed by atoms with van der Waals surface area (Å²) in [6, 6.07) is 8.23. The van der Waals surface area contributed by atoms with E-state index in [1.165, 1.54) is 5.56 Å². The van der Waals surface area contributed by atoms with Gasteiger partial charge in [-0.3, -0.25) is 5.43 Å². The second-order valence-corrected chi connectivity index (χ2v) is 4.30. The molecular formula is C12H16N2S. The molecule has 1 aromatic rings. The summed E-state index contributed by atoms with van der Waals surface area (Å²) in [4.78, 5) is 0.612. The Labute approximate surface area is 96.4 Å². The molecule has 0 unspecified atom stereocenters. The molecule has 0 amide bonds. The Bertz CT molecular complexity index is 341. The molecule has 0 aromatic heterocycles. The SMILES string of the molecule is C=NNC(=S)c1ccc(CC(C)C)cc1. The Balaban J connectivity index is 2.71. The van der Waals surface area contributed by atoms with Crippen molar-refractivity contribution >= 4 is 23.9 Å². The molecule has 1 N–H and O–H groups in total. The van der Waals surface area contributed by atoms with E-state index >= 15 is 0 Å². The van der Waals surface area contributed by atoms with E-state index in [2.05, 4.69) is 43.2 Å². The van der Waals surface area contributed by atoms with Gasteiger partial charge in [-0.25, -0.2) is 0 Å². The average molecular weight is 220 g/mol. The lowest BCUT2D eigenvalue weighted by molar-refractivity contribution is 0.647. The zero-order valence-corrected chi connectivity index (χ0v) is 9.97. The Morgan fingerprint density at radius 3 is 2.47 bits per heavy atom. The number of rotatable bonds is 4. The second-order valence-electron chi connectivity index (χ2n) is 3.89. The lowest BCUT2D eigenvalue weighted by Crippen LogP contribution is -2.15. The zero-order chi connectivity index (χ0) is 11.3. The lowest BCUT2D eigenvalue weighted by Gasteiger charge is -2.06. The first-order chi connectivity index (χ1) is 7.13. The van der Waals surface area contributed by atoms with Crippen LogP contribution in [0.3, 0.4) is 0 Å². The first-order valence-electron chi connectivity index (χ1n) is 4.98. The fraction of sp³-hybridized carbons (Fsp3) is 0.333. The summed E-state index contributed by atoms with van der Waals surface area (Å²) >= 11 is 5.11. The van der Waals surface area contributed by atoms with Gasteiger partial charge in [0.25, 0.3) is 0 Å². The van der Waals surface area contributed by atoms with Crippen molar-refractivity contribution in [2.45, 2.75) is 20.3 Å². The third kappa shape index (κ3) is 3.80. The topological polar surface area (TPSA) is 24.4 Å². The van der Waals surface area contributed by atoms with Crippen LogP contribution in [-0.4, -0.2) is 11.7 Å². The fourth-order valence-electron chi connectivity index (χ4n) is 1.40. The van der Waals surface area contributed by atoms with E-state index in [9.17, 15) is 0 Å². The number of thiocarbonyl (C=S) groups is 1. The lowest BCUT2D eigenvalue weighted by atomic mass is 10.0. The molecule has 0 saturated carbocycles. The van der Waals surface area contributed by atoms with Crippen LogP contribution < -0.4 is 5.43 Å². The molecule has 0 aliphatic heterocycles. The van der Waals surface area contributed by atoms with Crippen molar-refractivity contribution in [3.8, 4) is 0 Å². The third-order valence-corrected chi connectivity index (χ3v) is 2.37. The molecule has 1 aromatic carbocycles. The molecule has 0 fully saturated rings. The van der Waals surface area contributed by atoms with Gasteiger partial charge in [0, 0.05) is 12.3 Å². The molecule has 80 valence electrons. The highest BCUT2D eigenvalue weighted by molar-refractivity contribution is 7.80. The summed E-state index contributed by atoms with van der Waals surface area (Å²) in [5.41, 5.74) is 4.98. The molecule has 0 aliphatic carbocycles. The molecule has 0 aliphatic rings. The second kappa shape index (κ2) is 5.61. The number of nitrogens with zero attached hydrogens (tertiary/aromatic N) is 1. The molecule has 0 radical (unpaired) electrons. The quantitative estimate of drug-likeness (QED) is 0.479. The van der Waals surface area contributed by atoms with Gasteiger partial charge in [-0.2, -0.15) is 5.10 Å². The summed E-state index contributed by atoms with van der Waals surface area (Å²) < 4.78 is 0. The molecule has 0 atom stereocenters. The van der Waals surface area contributed by atoms with Crippen LogP contribution in [0.1, 0.15) is 25.0 Å². The van der Waals surface area contributed by atoms with Crippen molar-refractivity contribution in [3.63, 3.8) is 0 Å². The maximum absolute atomic E-state index is 5.11. The van der Waals surface area contributed by atoms with Gasteiger partial charge in [-0.05, 0) is 17.9 Å². The van der Waals surface area contributed by atoms with Crippen molar-refractivity contribution in [3.05, 3.63) is 35.4 Å². The number of nitrogens with one attached hydrogen (secondary N) is 1. The van der Waals surface area contributed by atoms with E-state index in [-0.39, 0.29) is 0 Å². The molecule has 3 heteroatoms. The van der Waals surface area contributed by atoms with Crippen molar-refractivity contribution in [2.24, 2.45) is 11.0 Å². The number of hydrazone groups is 1. The first kappa shape index (κ1) is 11.9. The van der Waals surface area contributed by atoms with Crippen molar-refractivity contribution in [2.75, 3.05) is 0 Å². The fourth-order valence-corrected chi connectivity index (χ4v) is 1.60. The molecule has 15 heavy (non-hydrogen) atoms. The normalized spacial score (nSPS) is 10.1. The Morgan fingerprint density at radius 2 is 2.00 bits per heavy atom. The van der Waals surface area contributed by atoms with E-state index in [1.807, 2.05) is 12.1 Å². The minimum absolute atomic E-state index is 0.612. The van der Waals surface area contributed by atoms with Crippen LogP contribution in [-0.2, 0) is 6.42 Å². The number of hydrogen-bond acceptors (Lipinski definition) is 2. The van der Waals surface area contributed by atoms with Crippen LogP contribution >= 0.6 is 12.2 Å². The van der Waals surface area contributed by atoms with Gasteiger partial charge in [0.05, 0.1) is 0 Å². The molecule has 1 rings (SSSR count). The van der Waals surface area contributed by atoms with Crippen LogP contribution in [0.2, 0.25) is 0 Å². The predicted molar refractivity (Wildman–Crippen MR) is 69.4 cm³/mol. The monoisotopic (exact) mass is 220 g/mol. The van der Waals surface area contributed by atoms with E-state index < -0.39 is 0 Å². The van der Waals surface area contributed by atoms with E-state index in [0.29, 0.717) is 10.9 Å². The summed E-state index contributed by atoms with van der Waals surface area (Å²) in [5, 5.41) is 3.54. The van der Waals surface area contributed by atoms with E-state index in [4.69, 9.17) is 12.2 Å². The largest absolute Gasteiger partial charge is 0.268 e. The van der Waals surface area contributed by atoms with Gasteiger partial charge in [-0.1, -0.05) is 50.3 Å². The van der Waals surface area contributed by atoms with E-state index in [0.717, 1.165) is 12.0 Å². The van der Waals surface area contributed by atoms with Crippen LogP contribution in [0.4, 0.5) is 0 Å². The highest BCUT2D eigenvalue weighted by atomic mass is 32.1. The zero-order valence-electron chi connectivity index (χ0n) is 9.16. The highest BCUT2D eigenvalue weighted by Crippen LogP contribution is 2.10. The van der Waals surface area contributed by atoms with E-state index in [1.54, 1.807) is 0 Å². The van der Waals surface area contributed by atoms with Crippen molar-refractivity contribution in [1.29, 1.82) is 0 Å². The summed E-state index contributed by atoms with van der Waals surface area (Å²) in [6.45, 7) is 7.75. The molecule has 0 bridgehead atoms. The molecular weight excluding hydrogens is 204 g/mol. The predicted octanol–water partition coefficient (Wildman–Crippen LogP) is 2.77. The number of benzene rings is 1. The summed E-state index contributed by atoms with van der Waals surface area (Å²) in [5.74, 6) is 0.677. The standard InChI is InChI=1S/C12H16N2S/c1-9(2)8-10-4-6-11(7-5-10)12(15)14-13-3/h4-7,9H,3,8H2,1-2H3,(H,14,15). The minimum Gasteiger partial charge on any atom is -0.268 e. The van der Waals surface area contributed by atoms with Crippen LogP contribution in [0.5, 0.6) is 0 Å². The van der Waals surface area contributed by atoms with Crippen molar-refractivity contribution in [1.82, 2.24) is 5.43 Å². The number of hydrogen-bond donors (Lipinski definition) is 1. The smallest absolute Gasteiger partial charge is 0.126 e. The molecule has 0 spiro atoms. The van der Waals surface area contributed by atoms with Crippen LogP contribution in [0.15, 0.2) is 29.4 Å². The maximum atomic E-state index is 5.11. The van der Waals surface area contributed by atoms with Gasteiger partial charge in [-0.15, -0.1) is 0 Å². The Morgan fingerprint density at radius 1 is 1.40 bits per heavy atom. The third-order valence-electron chi connectivity index (χ3n) is 2.04. The molecule has 0 saturated heterocycles. The molecule has 0 heterocycles. The highest BCUT2D eigenvalue weighted by Gasteiger charge is 2.01. The van der Waals surface area contributed by atoms with Gasteiger partial charge < -0.3 is 0 Å². The van der Waals surface area contributed by atoms with Gasteiger partial charge in [0.1, 0.15) is 4.99 Å². The van der Waals surface area contributed by atoms with Crippen molar-refractivity contribution < 1.29 is 0 Å². The molecule has 2 nitrogen and oxygen atoms in total. The van der Waals surface area contributed by atoms with Gasteiger partial charge >= 0.3 is 0 Å². The van der Waals surface area contributed by atoms with Crippen LogP contribution in [0, 0.1) is 5.92 Å². The summed E-state index contributed by atoms with van der Waals surface area (Å²) in [7, 11) is 0. The average Bonchev–Trinajstić information content (AvgIpc) is 2.18. The summed E-state index contributed by atoms with van der Waals surface area (Å²) in [6.07, 6.45) is 1.10. The Hall–Kier alpha value is -1.22.